The molecule has 70 valence electrons. The van der Waals surface area contributed by atoms with E-state index in [-0.39, 0.29) is 11.9 Å². The van der Waals surface area contributed by atoms with Gasteiger partial charge in [0.1, 0.15) is 5.82 Å². The van der Waals surface area contributed by atoms with Crippen LogP contribution in [0.4, 0.5) is 4.39 Å². The lowest BCUT2D eigenvalue weighted by Gasteiger charge is -2.13. The predicted molar refractivity (Wildman–Crippen MR) is 50.8 cm³/mol. The minimum atomic E-state index is -0.177. The largest absolute Gasteiger partial charge is 0.324 e. The van der Waals surface area contributed by atoms with E-state index in [0.717, 1.165) is 11.1 Å². The molecule has 1 aliphatic carbocycles. The number of hydrogen-bond acceptors (Lipinski definition) is 1. The molecule has 1 nitrogen and oxygen atoms in total. The van der Waals surface area contributed by atoms with Gasteiger partial charge in [0, 0.05) is 6.04 Å². The first-order valence-electron chi connectivity index (χ1n) is 4.70. The highest BCUT2D eigenvalue weighted by Gasteiger charge is 2.30. The summed E-state index contributed by atoms with van der Waals surface area (Å²) in [5.41, 5.74) is 8.10. The molecule has 0 spiro atoms. The van der Waals surface area contributed by atoms with Crippen LogP contribution in [0.5, 0.6) is 0 Å². The van der Waals surface area contributed by atoms with Crippen LogP contribution in [0.25, 0.3) is 0 Å². The Kier molecular flexibility index (Phi) is 2.08. The van der Waals surface area contributed by atoms with E-state index < -0.39 is 0 Å². The zero-order valence-electron chi connectivity index (χ0n) is 7.76. The summed E-state index contributed by atoms with van der Waals surface area (Å²) in [6.45, 7) is 1.92. The molecule has 1 saturated carbocycles. The summed E-state index contributed by atoms with van der Waals surface area (Å²) >= 11 is 0. The number of benzene rings is 1. The lowest BCUT2D eigenvalue weighted by atomic mass is 9.98. The Morgan fingerprint density at radius 2 is 2.15 bits per heavy atom. The van der Waals surface area contributed by atoms with E-state index >= 15 is 0 Å². The maximum Gasteiger partial charge on any atom is 0.123 e. The normalized spacial score (nSPS) is 18.7. The molecule has 1 fully saturated rings. The minimum Gasteiger partial charge on any atom is -0.324 e. The molecular weight excluding hydrogens is 165 g/mol. The van der Waals surface area contributed by atoms with Crippen molar-refractivity contribution in [3.8, 4) is 0 Å². The van der Waals surface area contributed by atoms with Crippen molar-refractivity contribution >= 4 is 0 Å². The molecular formula is C11H14FN. The highest BCUT2D eigenvalue weighted by atomic mass is 19.1. The third-order valence-electron chi connectivity index (χ3n) is 2.72. The summed E-state index contributed by atoms with van der Waals surface area (Å²) in [6.07, 6.45) is 2.44. The quantitative estimate of drug-likeness (QED) is 0.741. The van der Waals surface area contributed by atoms with Gasteiger partial charge in [-0.1, -0.05) is 6.07 Å². The third kappa shape index (κ3) is 1.73. The SMILES string of the molecule is Cc1cc(F)ccc1C(N)C1CC1. The van der Waals surface area contributed by atoms with Crippen LogP contribution in [0.3, 0.4) is 0 Å². The highest BCUT2D eigenvalue weighted by molar-refractivity contribution is 5.30. The van der Waals surface area contributed by atoms with Gasteiger partial charge in [0.05, 0.1) is 0 Å². The van der Waals surface area contributed by atoms with Crippen LogP contribution in [0.2, 0.25) is 0 Å². The number of aryl methyl sites for hydroxylation is 1. The fourth-order valence-corrected chi connectivity index (χ4v) is 1.72. The molecule has 1 atom stereocenters. The van der Waals surface area contributed by atoms with Gasteiger partial charge in [0.25, 0.3) is 0 Å². The van der Waals surface area contributed by atoms with Crippen molar-refractivity contribution in [2.24, 2.45) is 11.7 Å². The van der Waals surface area contributed by atoms with Crippen molar-refractivity contribution in [2.45, 2.75) is 25.8 Å². The molecule has 0 bridgehead atoms. The second-order valence-electron chi connectivity index (χ2n) is 3.86. The predicted octanol–water partition coefficient (Wildman–Crippen LogP) is 2.54. The van der Waals surface area contributed by atoms with Crippen LogP contribution in [-0.2, 0) is 0 Å². The first-order chi connectivity index (χ1) is 6.18. The first-order valence-corrected chi connectivity index (χ1v) is 4.70. The van der Waals surface area contributed by atoms with E-state index in [1.807, 2.05) is 13.0 Å². The highest BCUT2D eigenvalue weighted by Crippen LogP contribution is 2.40. The first kappa shape index (κ1) is 8.70. The molecule has 0 radical (unpaired) electrons. The number of hydrogen-bond donors (Lipinski definition) is 1. The van der Waals surface area contributed by atoms with Crippen LogP contribution < -0.4 is 5.73 Å². The van der Waals surface area contributed by atoms with E-state index in [2.05, 4.69) is 0 Å². The number of rotatable bonds is 2. The summed E-state index contributed by atoms with van der Waals surface area (Å²) in [5, 5.41) is 0. The fraction of sp³-hybridized carbons (Fsp3) is 0.455. The van der Waals surface area contributed by atoms with E-state index in [1.165, 1.54) is 18.9 Å². The molecule has 2 rings (SSSR count). The standard InChI is InChI=1S/C11H14FN/c1-7-6-9(12)4-5-10(7)11(13)8-2-3-8/h4-6,8,11H,2-3,13H2,1H3. The molecule has 1 aromatic rings. The summed E-state index contributed by atoms with van der Waals surface area (Å²) < 4.78 is 12.8. The summed E-state index contributed by atoms with van der Waals surface area (Å²) in [5.74, 6) is 0.452. The molecule has 13 heavy (non-hydrogen) atoms. The van der Waals surface area contributed by atoms with Gasteiger partial charge in [-0.25, -0.2) is 4.39 Å². The monoisotopic (exact) mass is 179 g/mol. The fourth-order valence-electron chi connectivity index (χ4n) is 1.72. The molecule has 1 aromatic carbocycles. The van der Waals surface area contributed by atoms with Crippen LogP contribution in [0, 0.1) is 18.7 Å². The Morgan fingerprint density at radius 3 is 2.69 bits per heavy atom. The Balaban J connectivity index is 2.28. The molecule has 0 saturated heterocycles. The van der Waals surface area contributed by atoms with Gasteiger partial charge < -0.3 is 5.73 Å². The van der Waals surface area contributed by atoms with Crippen molar-refractivity contribution < 1.29 is 4.39 Å². The van der Waals surface area contributed by atoms with Crippen molar-refractivity contribution in [3.05, 3.63) is 35.1 Å². The van der Waals surface area contributed by atoms with Crippen LogP contribution >= 0.6 is 0 Å². The third-order valence-corrected chi connectivity index (χ3v) is 2.72. The van der Waals surface area contributed by atoms with Gasteiger partial charge in [0.15, 0.2) is 0 Å². The molecule has 0 heterocycles. The zero-order valence-corrected chi connectivity index (χ0v) is 7.76. The maximum absolute atomic E-state index is 12.8. The van der Waals surface area contributed by atoms with Gasteiger partial charge in [0.2, 0.25) is 0 Å². The number of nitrogens with two attached hydrogens (primary N) is 1. The molecule has 1 unspecified atom stereocenters. The minimum absolute atomic E-state index is 0.112. The van der Waals surface area contributed by atoms with Crippen molar-refractivity contribution in [1.29, 1.82) is 0 Å². The van der Waals surface area contributed by atoms with Crippen molar-refractivity contribution in [1.82, 2.24) is 0 Å². The van der Waals surface area contributed by atoms with Gasteiger partial charge in [-0.2, -0.15) is 0 Å². The average molecular weight is 179 g/mol. The summed E-state index contributed by atoms with van der Waals surface area (Å²) in [7, 11) is 0. The van der Waals surface area contributed by atoms with Gasteiger partial charge in [-0.05, 0) is 48.9 Å². The van der Waals surface area contributed by atoms with Crippen LogP contribution in [0.1, 0.15) is 30.0 Å². The van der Waals surface area contributed by atoms with Gasteiger partial charge in [-0.3, -0.25) is 0 Å². The van der Waals surface area contributed by atoms with Crippen LogP contribution in [0.15, 0.2) is 18.2 Å². The summed E-state index contributed by atoms with van der Waals surface area (Å²) in [6, 6.07) is 4.97. The Morgan fingerprint density at radius 1 is 1.46 bits per heavy atom. The maximum atomic E-state index is 12.8. The van der Waals surface area contributed by atoms with Crippen molar-refractivity contribution in [3.63, 3.8) is 0 Å². The molecule has 0 amide bonds. The van der Waals surface area contributed by atoms with Gasteiger partial charge in [-0.15, -0.1) is 0 Å². The second kappa shape index (κ2) is 3.11. The smallest absolute Gasteiger partial charge is 0.123 e. The Labute approximate surface area is 77.8 Å². The lowest BCUT2D eigenvalue weighted by molar-refractivity contribution is 0.609. The number of halogens is 1. The summed E-state index contributed by atoms with van der Waals surface area (Å²) in [4.78, 5) is 0. The second-order valence-corrected chi connectivity index (χ2v) is 3.86. The molecule has 0 aliphatic heterocycles. The Bertz CT molecular complexity index is 318. The van der Waals surface area contributed by atoms with E-state index in [4.69, 9.17) is 5.73 Å². The lowest BCUT2D eigenvalue weighted by Crippen LogP contribution is -2.13. The average Bonchev–Trinajstić information content (AvgIpc) is 2.85. The zero-order chi connectivity index (χ0) is 9.42. The molecule has 2 N–H and O–H groups in total. The van der Waals surface area contributed by atoms with E-state index in [9.17, 15) is 4.39 Å². The van der Waals surface area contributed by atoms with Gasteiger partial charge >= 0.3 is 0 Å². The topological polar surface area (TPSA) is 26.0 Å². The molecule has 0 aromatic heterocycles. The molecule has 2 heteroatoms. The molecule has 1 aliphatic rings. The van der Waals surface area contributed by atoms with Crippen LogP contribution in [-0.4, -0.2) is 0 Å². The van der Waals surface area contributed by atoms with E-state index in [0.29, 0.717) is 5.92 Å². The Hall–Kier alpha value is -0.890. The van der Waals surface area contributed by atoms with Crippen molar-refractivity contribution in [2.75, 3.05) is 0 Å². The van der Waals surface area contributed by atoms with E-state index in [1.54, 1.807) is 6.07 Å².